The first kappa shape index (κ1) is 13.6. The Bertz CT molecular complexity index is 621. The zero-order valence-electron chi connectivity index (χ0n) is 10.8. The third-order valence-electron chi connectivity index (χ3n) is 2.43. The van der Waals surface area contributed by atoms with Gasteiger partial charge >= 0.3 is 0 Å². The number of aromatic nitrogens is 4. The largest absolute Gasteiger partial charge is 0.395 e. The maximum atomic E-state index is 8.81. The first-order chi connectivity index (χ1) is 9.72. The Morgan fingerprint density at radius 3 is 2.75 bits per heavy atom. The molecule has 0 bridgehead atoms. The van der Waals surface area contributed by atoms with Crippen molar-refractivity contribution in [3.63, 3.8) is 0 Å². The van der Waals surface area contributed by atoms with Crippen LogP contribution in [0.4, 0.5) is 17.3 Å². The molecule has 0 aliphatic heterocycles. The van der Waals surface area contributed by atoms with E-state index in [-0.39, 0.29) is 12.3 Å². The van der Waals surface area contributed by atoms with Crippen LogP contribution >= 0.6 is 0 Å². The lowest BCUT2D eigenvalue weighted by Crippen LogP contribution is -2.09. The van der Waals surface area contributed by atoms with Crippen molar-refractivity contribution in [1.82, 2.24) is 20.2 Å². The van der Waals surface area contributed by atoms with Crippen LogP contribution in [0.3, 0.4) is 0 Å². The second kappa shape index (κ2) is 6.40. The molecule has 0 saturated carbocycles. The number of rotatable bonds is 5. The lowest BCUT2D eigenvalue weighted by molar-refractivity contribution is 0.311. The molecule has 0 aliphatic carbocycles. The Labute approximate surface area is 115 Å². The van der Waals surface area contributed by atoms with Gasteiger partial charge in [0, 0.05) is 12.6 Å². The number of hydrogen-bond acceptors (Lipinski definition) is 8. The fraction of sp³-hybridized carbons (Fsp3) is 0.250. The number of hydrogen-bond donors (Lipinski definition) is 3. The van der Waals surface area contributed by atoms with Crippen molar-refractivity contribution in [2.75, 3.05) is 23.8 Å². The highest BCUT2D eigenvalue weighted by atomic mass is 16.3. The summed E-state index contributed by atoms with van der Waals surface area (Å²) in [5.41, 5.74) is 1.75. The van der Waals surface area contributed by atoms with Gasteiger partial charge in [0.05, 0.1) is 30.4 Å². The van der Waals surface area contributed by atoms with Gasteiger partial charge in [0.2, 0.25) is 0 Å². The van der Waals surface area contributed by atoms with Crippen molar-refractivity contribution in [2.24, 2.45) is 0 Å². The summed E-state index contributed by atoms with van der Waals surface area (Å²) in [6.07, 6.45) is 2.82. The number of nitriles is 1. The molecule has 0 saturated heterocycles. The fourth-order valence-corrected chi connectivity index (χ4v) is 1.46. The van der Waals surface area contributed by atoms with Crippen molar-refractivity contribution < 1.29 is 5.11 Å². The minimum atomic E-state index is 0.0334. The summed E-state index contributed by atoms with van der Waals surface area (Å²) in [6, 6.07) is 3.66. The van der Waals surface area contributed by atoms with Gasteiger partial charge in [-0.1, -0.05) is 0 Å². The Balaban J connectivity index is 2.14. The fourth-order valence-electron chi connectivity index (χ4n) is 1.46. The van der Waals surface area contributed by atoms with Gasteiger partial charge in [0.25, 0.3) is 0 Å². The van der Waals surface area contributed by atoms with Gasteiger partial charge in [-0.3, -0.25) is 0 Å². The molecule has 0 atom stereocenters. The number of aliphatic hydroxyl groups is 1. The van der Waals surface area contributed by atoms with Crippen molar-refractivity contribution in [3.05, 3.63) is 29.8 Å². The first-order valence-electron chi connectivity index (χ1n) is 5.91. The molecule has 0 fully saturated rings. The van der Waals surface area contributed by atoms with Gasteiger partial charge in [-0.25, -0.2) is 9.97 Å². The van der Waals surface area contributed by atoms with Crippen LogP contribution in [0.15, 0.2) is 18.5 Å². The van der Waals surface area contributed by atoms with E-state index in [0.29, 0.717) is 18.2 Å². The summed E-state index contributed by atoms with van der Waals surface area (Å²) in [7, 11) is 0. The van der Waals surface area contributed by atoms with E-state index in [1.165, 1.54) is 12.4 Å². The maximum absolute atomic E-state index is 8.81. The van der Waals surface area contributed by atoms with Gasteiger partial charge in [-0.15, -0.1) is 5.10 Å². The van der Waals surface area contributed by atoms with Crippen molar-refractivity contribution >= 4 is 17.3 Å². The number of aliphatic hydroxyl groups excluding tert-OH is 1. The van der Waals surface area contributed by atoms with E-state index in [1.807, 2.05) is 13.0 Å². The lowest BCUT2D eigenvalue weighted by Gasteiger charge is -2.09. The summed E-state index contributed by atoms with van der Waals surface area (Å²) in [4.78, 5) is 7.93. The predicted octanol–water partition coefficient (Wildman–Crippen LogP) is 0.594. The molecule has 102 valence electrons. The van der Waals surface area contributed by atoms with Gasteiger partial charge in [0.1, 0.15) is 11.9 Å². The van der Waals surface area contributed by atoms with Crippen molar-refractivity contribution in [3.8, 4) is 6.07 Å². The number of nitrogens with one attached hydrogen (secondary N) is 2. The van der Waals surface area contributed by atoms with E-state index in [2.05, 4.69) is 30.8 Å². The van der Waals surface area contributed by atoms with Crippen LogP contribution in [0.5, 0.6) is 0 Å². The lowest BCUT2D eigenvalue weighted by atomic mass is 10.3. The Morgan fingerprint density at radius 1 is 1.25 bits per heavy atom. The molecule has 0 spiro atoms. The SMILES string of the molecule is Cc1nnc(Nc2cnc(C#N)cn2)cc1NCCO. The molecule has 20 heavy (non-hydrogen) atoms. The molecule has 2 heterocycles. The highest BCUT2D eigenvalue weighted by Gasteiger charge is 2.04. The van der Waals surface area contributed by atoms with E-state index in [1.54, 1.807) is 6.07 Å². The van der Waals surface area contributed by atoms with Gasteiger partial charge in [-0.2, -0.15) is 10.4 Å². The highest BCUT2D eigenvalue weighted by molar-refractivity contribution is 5.59. The molecule has 0 aliphatic rings. The summed E-state index contributed by atoms with van der Waals surface area (Å²) in [5, 5.41) is 31.4. The molecule has 8 nitrogen and oxygen atoms in total. The van der Waals surface area contributed by atoms with Gasteiger partial charge in [0.15, 0.2) is 11.5 Å². The minimum Gasteiger partial charge on any atom is -0.395 e. The molecule has 2 aromatic heterocycles. The minimum absolute atomic E-state index is 0.0334. The van der Waals surface area contributed by atoms with Crippen molar-refractivity contribution in [1.29, 1.82) is 5.26 Å². The molecule has 2 rings (SSSR count). The molecule has 0 aromatic carbocycles. The molecular formula is C12H13N7O. The van der Waals surface area contributed by atoms with E-state index in [0.717, 1.165) is 11.4 Å². The molecule has 0 amide bonds. The van der Waals surface area contributed by atoms with Crippen LogP contribution in [-0.2, 0) is 0 Å². The maximum Gasteiger partial charge on any atom is 0.158 e. The van der Waals surface area contributed by atoms with E-state index in [9.17, 15) is 0 Å². The van der Waals surface area contributed by atoms with Gasteiger partial charge in [-0.05, 0) is 6.92 Å². The van der Waals surface area contributed by atoms with Gasteiger partial charge < -0.3 is 15.7 Å². The zero-order valence-corrected chi connectivity index (χ0v) is 10.8. The smallest absolute Gasteiger partial charge is 0.158 e. The Hall–Kier alpha value is -2.79. The van der Waals surface area contributed by atoms with Crippen LogP contribution in [0.1, 0.15) is 11.4 Å². The van der Waals surface area contributed by atoms with Crippen LogP contribution in [-0.4, -0.2) is 38.4 Å². The Kier molecular flexibility index (Phi) is 4.36. The summed E-state index contributed by atoms with van der Waals surface area (Å²) in [6.45, 7) is 2.28. The molecule has 0 unspecified atom stereocenters. The molecule has 8 heteroatoms. The van der Waals surface area contributed by atoms with Crippen LogP contribution in [0, 0.1) is 18.3 Å². The molecular weight excluding hydrogens is 258 g/mol. The first-order valence-corrected chi connectivity index (χ1v) is 5.91. The van der Waals surface area contributed by atoms with E-state index >= 15 is 0 Å². The number of aryl methyl sites for hydroxylation is 1. The third-order valence-corrected chi connectivity index (χ3v) is 2.43. The van der Waals surface area contributed by atoms with E-state index in [4.69, 9.17) is 10.4 Å². The zero-order chi connectivity index (χ0) is 14.4. The van der Waals surface area contributed by atoms with Crippen molar-refractivity contribution in [2.45, 2.75) is 6.92 Å². The number of nitrogens with zero attached hydrogens (tertiary/aromatic N) is 5. The predicted molar refractivity (Wildman–Crippen MR) is 72.4 cm³/mol. The third kappa shape index (κ3) is 3.37. The normalized spacial score (nSPS) is 9.85. The van der Waals surface area contributed by atoms with Crippen LogP contribution in [0.2, 0.25) is 0 Å². The second-order valence-corrected chi connectivity index (χ2v) is 3.90. The van der Waals surface area contributed by atoms with Crippen LogP contribution in [0.25, 0.3) is 0 Å². The topological polar surface area (TPSA) is 120 Å². The monoisotopic (exact) mass is 271 g/mol. The summed E-state index contributed by atoms with van der Waals surface area (Å²) in [5.74, 6) is 0.963. The van der Waals surface area contributed by atoms with Crippen LogP contribution < -0.4 is 10.6 Å². The summed E-state index contributed by atoms with van der Waals surface area (Å²) < 4.78 is 0. The molecule has 3 N–H and O–H groups in total. The average Bonchev–Trinajstić information content (AvgIpc) is 2.48. The average molecular weight is 271 g/mol. The van der Waals surface area contributed by atoms with E-state index < -0.39 is 0 Å². The second-order valence-electron chi connectivity index (χ2n) is 3.90. The molecule has 2 aromatic rings. The quantitative estimate of drug-likeness (QED) is 0.723. The summed E-state index contributed by atoms with van der Waals surface area (Å²) >= 11 is 0. The highest BCUT2D eigenvalue weighted by Crippen LogP contribution is 2.17. The molecule has 0 radical (unpaired) electrons. The Morgan fingerprint density at radius 2 is 2.10 bits per heavy atom. The standard InChI is InChI=1S/C12H13N7O/c1-8-10(14-2-3-20)4-11(19-18-8)17-12-7-15-9(5-13)6-16-12/h4,6-7,20H,2-3H2,1H3,(H2,14,16,17,19). The number of anilines is 3.